The summed E-state index contributed by atoms with van der Waals surface area (Å²) in [7, 11) is 5.42. The number of carbonyl (C=O) groups is 2. The normalized spacial score (nSPS) is 17.6. The second-order valence-corrected chi connectivity index (χ2v) is 9.13. The predicted octanol–water partition coefficient (Wildman–Crippen LogP) is 4.10. The van der Waals surface area contributed by atoms with Gasteiger partial charge in [-0.2, -0.15) is 0 Å². The molecule has 0 radical (unpaired) electrons. The van der Waals surface area contributed by atoms with Crippen LogP contribution in [0.5, 0.6) is 11.5 Å². The third-order valence-corrected chi connectivity index (χ3v) is 5.66. The number of ketones is 1. The molecule has 1 aliphatic rings. The Labute approximate surface area is 201 Å². The summed E-state index contributed by atoms with van der Waals surface area (Å²) in [5, 5.41) is 11.3. The Kier molecular flexibility index (Phi) is 8.34. The van der Waals surface area contributed by atoms with Gasteiger partial charge < -0.3 is 24.4 Å². The van der Waals surface area contributed by atoms with Crippen molar-refractivity contribution in [3.8, 4) is 11.5 Å². The van der Waals surface area contributed by atoms with Gasteiger partial charge in [0.05, 0.1) is 30.9 Å². The molecule has 1 N–H and O–H groups in total. The van der Waals surface area contributed by atoms with Crippen LogP contribution in [0, 0.1) is 5.92 Å². The molecule has 7 nitrogen and oxygen atoms in total. The molecule has 1 atom stereocenters. The van der Waals surface area contributed by atoms with E-state index in [1.54, 1.807) is 29.2 Å². The van der Waals surface area contributed by atoms with Gasteiger partial charge in [-0.3, -0.25) is 9.59 Å². The Morgan fingerprint density at radius 2 is 1.85 bits per heavy atom. The predicted molar refractivity (Wildman–Crippen MR) is 132 cm³/mol. The topological polar surface area (TPSA) is 79.3 Å². The van der Waals surface area contributed by atoms with Crippen molar-refractivity contribution < 1.29 is 24.2 Å². The van der Waals surface area contributed by atoms with Crippen LogP contribution in [0.4, 0.5) is 0 Å². The average Bonchev–Trinajstić information content (AvgIpc) is 3.07. The molecule has 1 aliphatic heterocycles. The molecule has 182 valence electrons. The third-order valence-electron chi connectivity index (χ3n) is 5.66. The molecular weight excluding hydrogens is 432 g/mol. The number of nitrogens with zero attached hydrogens (tertiary/aromatic N) is 2. The molecule has 0 spiro atoms. The van der Waals surface area contributed by atoms with E-state index in [0.717, 1.165) is 6.54 Å². The standard InChI is InChI=1S/C27H34N2O5/c1-18(2)17-34-20-11-8-10-19(16-20)24-23(25(30)21-12-6-7-13-22(21)33-5)26(31)27(32)29(24)15-9-14-28(3)4/h6-8,10-13,16,18,24,30H,9,14-15,17H2,1-5H3/b25-23-. The van der Waals surface area contributed by atoms with E-state index in [-0.39, 0.29) is 11.3 Å². The van der Waals surface area contributed by atoms with E-state index in [1.165, 1.54) is 7.11 Å². The monoisotopic (exact) mass is 466 g/mol. The summed E-state index contributed by atoms with van der Waals surface area (Å²) in [6.07, 6.45) is 0.689. The number of rotatable bonds is 10. The van der Waals surface area contributed by atoms with E-state index in [1.807, 2.05) is 43.3 Å². The Morgan fingerprint density at radius 1 is 1.12 bits per heavy atom. The summed E-state index contributed by atoms with van der Waals surface area (Å²) in [4.78, 5) is 29.9. The molecule has 7 heteroatoms. The van der Waals surface area contributed by atoms with Crippen molar-refractivity contribution in [1.82, 2.24) is 9.80 Å². The first-order valence-corrected chi connectivity index (χ1v) is 11.5. The summed E-state index contributed by atoms with van der Waals surface area (Å²) in [5.74, 6) is -0.135. The molecule has 1 heterocycles. The van der Waals surface area contributed by atoms with Gasteiger partial charge in [0.2, 0.25) is 0 Å². The molecule has 2 aromatic carbocycles. The van der Waals surface area contributed by atoms with Gasteiger partial charge in [0, 0.05) is 6.54 Å². The van der Waals surface area contributed by atoms with Crippen molar-refractivity contribution in [2.75, 3.05) is 40.9 Å². The zero-order valence-electron chi connectivity index (χ0n) is 20.6. The van der Waals surface area contributed by atoms with E-state index in [9.17, 15) is 14.7 Å². The second-order valence-electron chi connectivity index (χ2n) is 9.13. The van der Waals surface area contributed by atoms with E-state index in [0.29, 0.717) is 48.1 Å². The number of hydrogen-bond donors (Lipinski definition) is 1. The molecule has 1 amide bonds. The highest BCUT2D eigenvalue weighted by molar-refractivity contribution is 6.46. The molecule has 0 saturated carbocycles. The summed E-state index contributed by atoms with van der Waals surface area (Å²) >= 11 is 0. The van der Waals surface area contributed by atoms with Gasteiger partial charge in [0.25, 0.3) is 11.7 Å². The van der Waals surface area contributed by atoms with Gasteiger partial charge in [0.1, 0.15) is 17.3 Å². The molecular formula is C27H34N2O5. The summed E-state index contributed by atoms with van der Waals surface area (Å²) in [5.41, 5.74) is 1.13. The highest BCUT2D eigenvalue weighted by Gasteiger charge is 2.46. The minimum atomic E-state index is -0.727. The maximum atomic E-state index is 13.2. The van der Waals surface area contributed by atoms with Crippen LogP contribution in [-0.2, 0) is 9.59 Å². The van der Waals surface area contributed by atoms with Gasteiger partial charge >= 0.3 is 0 Å². The Balaban J connectivity index is 2.11. The molecule has 1 saturated heterocycles. The van der Waals surface area contributed by atoms with Crippen LogP contribution in [0.1, 0.15) is 37.4 Å². The largest absolute Gasteiger partial charge is 0.507 e. The van der Waals surface area contributed by atoms with Gasteiger partial charge in [-0.05, 0) is 62.8 Å². The maximum Gasteiger partial charge on any atom is 0.295 e. The van der Waals surface area contributed by atoms with Crippen molar-refractivity contribution in [1.29, 1.82) is 0 Å². The first-order valence-electron chi connectivity index (χ1n) is 11.5. The fourth-order valence-electron chi connectivity index (χ4n) is 4.04. The fraction of sp³-hybridized carbons (Fsp3) is 0.407. The number of hydrogen-bond acceptors (Lipinski definition) is 6. The van der Waals surface area contributed by atoms with Crippen LogP contribution in [0.2, 0.25) is 0 Å². The van der Waals surface area contributed by atoms with Gasteiger partial charge in [-0.1, -0.05) is 38.1 Å². The Bertz CT molecular complexity index is 1060. The zero-order valence-corrected chi connectivity index (χ0v) is 20.6. The average molecular weight is 467 g/mol. The van der Waals surface area contributed by atoms with Gasteiger partial charge in [0.15, 0.2) is 0 Å². The number of ether oxygens (including phenoxy) is 2. The van der Waals surface area contributed by atoms with Crippen LogP contribution in [-0.4, -0.2) is 67.5 Å². The quantitative estimate of drug-likeness (QED) is 0.323. The smallest absolute Gasteiger partial charge is 0.295 e. The molecule has 1 unspecified atom stereocenters. The lowest BCUT2D eigenvalue weighted by atomic mass is 9.94. The second kappa shape index (κ2) is 11.2. The number of aliphatic hydroxyl groups is 1. The summed E-state index contributed by atoms with van der Waals surface area (Å²) < 4.78 is 11.3. The lowest BCUT2D eigenvalue weighted by Crippen LogP contribution is -2.32. The van der Waals surface area contributed by atoms with Crippen molar-refractivity contribution in [2.45, 2.75) is 26.3 Å². The number of amides is 1. The number of Topliss-reactive ketones (excluding diaryl/α,β-unsaturated/α-hetero) is 1. The van der Waals surface area contributed by atoms with E-state index in [4.69, 9.17) is 9.47 Å². The van der Waals surface area contributed by atoms with Gasteiger partial charge in [-0.25, -0.2) is 0 Å². The lowest BCUT2D eigenvalue weighted by molar-refractivity contribution is -0.139. The number of aliphatic hydroxyl groups excluding tert-OH is 1. The minimum Gasteiger partial charge on any atom is -0.507 e. The molecule has 0 bridgehead atoms. The number of benzene rings is 2. The molecule has 0 aliphatic carbocycles. The Morgan fingerprint density at radius 3 is 2.53 bits per heavy atom. The van der Waals surface area contributed by atoms with E-state index < -0.39 is 17.7 Å². The van der Waals surface area contributed by atoms with Crippen LogP contribution >= 0.6 is 0 Å². The zero-order chi connectivity index (χ0) is 24.8. The first kappa shape index (κ1) is 25.3. The van der Waals surface area contributed by atoms with Crippen LogP contribution in [0.25, 0.3) is 5.76 Å². The van der Waals surface area contributed by atoms with E-state index in [2.05, 4.69) is 13.8 Å². The van der Waals surface area contributed by atoms with Gasteiger partial charge in [-0.15, -0.1) is 0 Å². The first-order chi connectivity index (χ1) is 16.2. The summed E-state index contributed by atoms with van der Waals surface area (Å²) in [6, 6.07) is 13.6. The van der Waals surface area contributed by atoms with Crippen molar-refractivity contribution in [2.24, 2.45) is 5.92 Å². The van der Waals surface area contributed by atoms with Crippen LogP contribution in [0.15, 0.2) is 54.1 Å². The van der Waals surface area contributed by atoms with Crippen molar-refractivity contribution in [3.63, 3.8) is 0 Å². The summed E-state index contributed by atoms with van der Waals surface area (Å²) in [6.45, 7) is 5.83. The van der Waals surface area contributed by atoms with Crippen LogP contribution < -0.4 is 9.47 Å². The van der Waals surface area contributed by atoms with Crippen LogP contribution in [0.3, 0.4) is 0 Å². The molecule has 34 heavy (non-hydrogen) atoms. The van der Waals surface area contributed by atoms with Crippen molar-refractivity contribution >= 4 is 17.4 Å². The Hall–Kier alpha value is -3.32. The molecule has 3 rings (SSSR count). The van der Waals surface area contributed by atoms with E-state index >= 15 is 0 Å². The number of carbonyl (C=O) groups excluding carboxylic acids is 2. The fourth-order valence-corrected chi connectivity index (χ4v) is 4.04. The number of para-hydroxylation sites is 1. The third kappa shape index (κ3) is 5.59. The lowest BCUT2D eigenvalue weighted by Gasteiger charge is -2.26. The van der Waals surface area contributed by atoms with Crippen molar-refractivity contribution in [3.05, 3.63) is 65.2 Å². The minimum absolute atomic E-state index is 0.0559. The highest BCUT2D eigenvalue weighted by atomic mass is 16.5. The molecule has 1 fully saturated rings. The highest BCUT2D eigenvalue weighted by Crippen LogP contribution is 2.41. The molecule has 0 aromatic heterocycles. The maximum absolute atomic E-state index is 13.2. The number of methoxy groups -OCH3 is 1. The number of likely N-dealkylation sites (tertiary alicyclic amines) is 1. The molecule has 2 aromatic rings. The SMILES string of the molecule is COc1ccccc1/C(O)=C1/C(=O)C(=O)N(CCCN(C)C)C1c1cccc(OCC(C)C)c1.